The fourth-order valence-electron chi connectivity index (χ4n) is 3.85. The van der Waals surface area contributed by atoms with Crippen molar-refractivity contribution in [3.05, 3.63) is 120 Å². The molecule has 1 aliphatic heterocycles. The van der Waals surface area contributed by atoms with Gasteiger partial charge in [-0.2, -0.15) is 0 Å². The lowest BCUT2D eigenvalue weighted by atomic mass is 10.0. The highest BCUT2D eigenvalue weighted by Crippen LogP contribution is 2.22. The van der Waals surface area contributed by atoms with Gasteiger partial charge in [0.05, 0.1) is 5.57 Å². The molecule has 2 aromatic carbocycles. The van der Waals surface area contributed by atoms with Crippen LogP contribution in [-0.4, -0.2) is 37.0 Å². The lowest BCUT2D eigenvalue weighted by molar-refractivity contribution is -0.117. The molecule has 4 nitrogen and oxygen atoms in total. The summed E-state index contributed by atoms with van der Waals surface area (Å²) in [5.74, 6) is 0.457. The van der Waals surface area contributed by atoms with Crippen molar-refractivity contribution in [2.45, 2.75) is 25.8 Å². The van der Waals surface area contributed by atoms with Crippen LogP contribution in [0.15, 0.2) is 109 Å². The molecule has 0 aromatic heterocycles. The summed E-state index contributed by atoms with van der Waals surface area (Å²) >= 11 is 0. The second-order valence-corrected chi connectivity index (χ2v) is 8.36. The Bertz CT molecular complexity index is 976. The van der Waals surface area contributed by atoms with E-state index in [-0.39, 0.29) is 5.91 Å². The largest absolute Gasteiger partial charge is 0.372 e. The van der Waals surface area contributed by atoms with E-state index >= 15 is 0 Å². The first-order chi connectivity index (χ1) is 16.2. The summed E-state index contributed by atoms with van der Waals surface area (Å²) in [5, 5.41) is 6.62. The summed E-state index contributed by atoms with van der Waals surface area (Å²) in [6.07, 6.45) is 10.6. The number of allylic oxidation sites excluding steroid dienone is 4. The van der Waals surface area contributed by atoms with Gasteiger partial charge in [-0.3, -0.25) is 4.79 Å². The minimum absolute atomic E-state index is 0.0329. The average Bonchev–Trinajstić information content (AvgIpc) is 3.26. The Hall–Kier alpha value is -3.37. The predicted octanol–water partition coefficient (Wildman–Crippen LogP) is 4.95. The number of benzene rings is 2. The van der Waals surface area contributed by atoms with Crippen LogP contribution < -0.4 is 10.6 Å². The first-order valence-corrected chi connectivity index (χ1v) is 11.7. The van der Waals surface area contributed by atoms with Crippen LogP contribution in [0.4, 0.5) is 0 Å². The molecule has 1 heterocycles. The topological polar surface area (TPSA) is 44.4 Å². The molecule has 1 aliphatic rings. The zero-order valence-corrected chi connectivity index (χ0v) is 19.5. The predicted molar refractivity (Wildman–Crippen MR) is 138 cm³/mol. The van der Waals surface area contributed by atoms with Crippen molar-refractivity contribution in [3.8, 4) is 0 Å². The van der Waals surface area contributed by atoms with Gasteiger partial charge < -0.3 is 15.5 Å². The number of carbonyl (C=O) groups excluding carboxylic acids is 1. The van der Waals surface area contributed by atoms with E-state index in [9.17, 15) is 4.79 Å². The molecular formula is C29H35N3O. The smallest absolute Gasteiger partial charge is 0.253 e. The molecule has 172 valence electrons. The standard InChI is InChI=1S/C29H35N3O/c1-3-4-7-17-27-22-32(19-12-18-30-20-24(2)26-15-10-6-11-16-26)23-28(27)29(33)31-21-25-13-8-5-9-14-25/h3-11,13-17,23-24,30H,1,12,18-22H2,2H3,(H,31,33)/b7-4-,27-17+. The Morgan fingerprint density at radius 1 is 1.09 bits per heavy atom. The van der Waals surface area contributed by atoms with Crippen LogP contribution >= 0.6 is 0 Å². The molecule has 0 radical (unpaired) electrons. The van der Waals surface area contributed by atoms with Crippen LogP contribution in [0.25, 0.3) is 0 Å². The Labute approximate surface area is 198 Å². The second kappa shape index (κ2) is 13.2. The lowest BCUT2D eigenvalue weighted by Crippen LogP contribution is -2.25. The minimum Gasteiger partial charge on any atom is -0.372 e. The monoisotopic (exact) mass is 441 g/mol. The zero-order valence-electron chi connectivity index (χ0n) is 19.5. The number of hydrogen-bond acceptors (Lipinski definition) is 3. The average molecular weight is 442 g/mol. The first kappa shape index (κ1) is 24.3. The number of hydrogen-bond donors (Lipinski definition) is 2. The summed E-state index contributed by atoms with van der Waals surface area (Å²) < 4.78 is 0. The van der Waals surface area contributed by atoms with E-state index < -0.39 is 0 Å². The second-order valence-electron chi connectivity index (χ2n) is 8.36. The highest BCUT2D eigenvalue weighted by Gasteiger charge is 2.23. The third-order valence-electron chi connectivity index (χ3n) is 5.73. The quantitative estimate of drug-likeness (QED) is 0.362. The first-order valence-electron chi connectivity index (χ1n) is 11.7. The molecule has 4 heteroatoms. The summed E-state index contributed by atoms with van der Waals surface area (Å²) in [5.41, 5.74) is 4.23. The van der Waals surface area contributed by atoms with Gasteiger partial charge in [-0.15, -0.1) is 0 Å². The molecule has 2 N–H and O–H groups in total. The summed E-state index contributed by atoms with van der Waals surface area (Å²) in [7, 11) is 0. The molecule has 1 amide bonds. The summed E-state index contributed by atoms with van der Waals surface area (Å²) in [4.78, 5) is 15.1. The molecule has 0 saturated heterocycles. The van der Waals surface area contributed by atoms with Gasteiger partial charge in [0.25, 0.3) is 5.91 Å². The molecule has 1 unspecified atom stereocenters. The van der Waals surface area contributed by atoms with E-state index in [1.165, 1.54) is 5.56 Å². The van der Waals surface area contributed by atoms with E-state index in [2.05, 4.69) is 59.4 Å². The maximum atomic E-state index is 12.9. The lowest BCUT2D eigenvalue weighted by Gasteiger charge is -2.16. The maximum absolute atomic E-state index is 12.9. The highest BCUT2D eigenvalue weighted by atomic mass is 16.1. The molecule has 0 bridgehead atoms. The molecule has 33 heavy (non-hydrogen) atoms. The minimum atomic E-state index is -0.0329. The Kier molecular flexibility index (Phi) is 9.74. The molecular weight excluding hydrogens is 406 g/mol. The van der Waals surface area contributed by atoms with Crippen LogP contribution in [0.2, 0.25) is 0 Å². The molecule has 1 atom stereocenters. The van der Waals surface area contributed by atoms with Gasteiger partial charge in [0, 0.05) is 32.4 Å². The maximum Gasteiger partial charge on any atom is 0.253 e. The van der Waals surface area contributed by atoms with Crippen molar-refractivity contribution in [2.24, 2.45) is 0 Å². The van der Waals surface area contributed by atoms with Gasteiger partial charge in [-0.05, 0) is 35.6 Å². The van der Waals surface area contributed by atoms with Crippen LogP contribution in [0.1, 0.15) is 30.4 Å². The van der Waals surface area contributed by atoms with Crippen LogP contribution in [0.5, 0.6) is 0 Å². The fourth-order valence-corrected chi connectivity index (χ4v) is 3.85. The van der Waals surface area contributed by atoms with Gasteiger partial charge in [0.15, 0.2) is 0 Å². The molecule has 3 rings (SSSR count). The number of amides is 1. The van der Waals surface area contributed by atoms with E-state index in [0.29, 0.717) is 12.5 Å². The molecule has 2 aromatic rings. The van der Waals surface area contributed by atoms with E-state index in [1.807, 2.05) is 54.8 Å². The van der Waals surface area contributed by atoms with E-state index in [4.69, 9.17) is 0 Å². The third kappa shape index (κ3) is 7.92. The van der Waals surface area contributed by atoms with Gasteiger partial charge in [0.1, 0.15) is 0 Å². The number of nitrogens with zero attached hydrogens (tertiary/aromatic N) is 1. The zero-order chi connectivity index (χ0) is 23.3. The van der Waals surface area contributed by atoms with Gasteiger partial charge in [-0.25, -0.2) is 0 Å². The Morgan fingerprint density at radius 3 is 2.55 bits per heavy atom. The molecule has 0 saturated carbocycles. The third-order valence-corrected chi connectivity index (χ3v) is 5.73. The van der Waals surface area contributed by atoms with Crippen molar-refractivity contribution in [1.29, 1.82) is 0 Å². The van der Waals surface area contributed by atoms with Gasteiger partial charge >= 0.3 is 0 Å². The molecule has 0 aliphatic carbocycles. The number of nitrogens with one attached hydrogen (secondary N) is 2. The van der Waals surface area contributed by atoms with E-state index in [1.54, 1.807) is 6.08 Å². The number of rotatable bonds is 12. The van der Waals surface area contributed by atoms with E-state index in [0.717, 1.165) is 49.3 Å². The Morgan fingerprint density at radius 2 is 1.82 bits per heavy atom. The van der Waals surface area contributed by atoms with Gasteiger partial charge in [0.2, 0.25) is 0 Å². The molecule has 0 spiro atoms. The van der Waals surface area contributed by atoms with Crippen molar-refractivity contribution in [1.82, 2.24) is 15.5 Å². The number of carbonyl (C=O) groups is 1. The normalized spacial score (nSPS) is 15.6. The van der Waals surface area contributed by atoms with Crippen molar-refractivity contribution in [3.63, 3.8) is 0 Å². The van der Waals surface area contributed by atoms with Gasteiger partial charge in [-0.1, -0.05) is 98.5 Å². The molecule has 0 fully saturated rings. The van der Waals surface area contributed by atoms with Crippen LogP contribution in [0.3, 0.4) is 0 Å². The van der Waals surface area contributed by atoms with Crippen molar-refractivity contribution >= 4 is 5.91 Å². The van der Waals surface area contributed by atoms with Crippen molar-refractivity contribution in [2.75, 3.05) is 26.2 Å². The SMILES string of the molecule is C=C/C=C\C=C1/CN(CCCNCC(C)c2ccccc2)C=C1C(=O)NCc1ccccc1. The van der Waals surface area contributed by atoms with Crippen LogP contribution in [-0.2, 0) is 11.3 Å². The van der Waals surface area contributed by atoms with Crippen LogP contribution in [0, 0.1) is 0 Å². The summed E-state index contributed by atoms with van der Waals surface area (Å²) in [6, 6.07) is 20.6. The Balaban J connectivity index is 1.49. The van der Waals surface area contributed by atoms with Crippen molar-refractivity contribution < 1.29 is 4.79 Å². The highest BCUT2D eigenvalue weighted by molar-refractivity contribution is 5.98. The summed E-state index contributed by atoms with van der Waals surface area (Å²) in [6.45, 7) is 10.1. The fraction of sp³-hybridized carbons (Fsp3) is 0.276.